The molecule has 4 rings (SSSR count). The summed E-state index contributed by atoms with van der Waals surface area (Å²) in [5, 5.41) is 14.4. The van der Waals surface area contributed by atoms with Crippen molar-refractivity contribution < 1.29 is 23.5 Å². The highest BCUT2D eigenvalue weighted by molar-refractivity contribution is 7.80. The van der Waals surface area contributed by atoms with Crippen molar-refractivity contribution in [2.24, 2.45) is 0 Å². The zero-order chi connectivity index (χ0) is 30.1. The van der Waals surface area contributed by atoms with E-state index in [9.17, 15) is 23.5 Å². The van der Waals surface area contributed by atoms with Gasteiger partial charge >= 0.3 is 5.97 Å². The average Bonchev–Trinajstić information content (AvgIpc) is 3.00. The van der Waals surface area contributed by atoms with Crippen LogP contribution in [-0.2, 0) is 33.8 Å². The van der Waals surface area contributed by atoms with Gasteiger partial charge in [-0.3, -0.25) is 18.6 Å². The molecular weight excluding hydrogens is 550 g/mol. The van der Waals surface area contributed by atoms with Crippen molar-refractivity contribution in [2.45, 2.75) is 45.3 Å². The number of anilines is 1. The van der Waals surface area contributed by atoms with Crippen molar-refractivity contribution in [1.29, 1.82) is 0 Å². The fourth-order valence-corrected chi connectivity index (χ4v) is 5.76. The number of nitrogens with zero attached hydrogens (tertiary/aromatic N) is 2. The van der Waals surface area contributed by atoms with E-state index in [0.717, 1.165) is 41.5 Å². The Hall–Kier alpha value is -4.05. The molecule has 0 aliphatic carbocycles. The van der Waals surface area contributed by atoms with E-state index in [2.05, 4.69) is 24.1 Å². The summed E-state index contributed by atoms with van der Waals surface area (Å²) in [6, 6.07) is 27.8. The van der Waals surface area contributed by atoms with E-state index in [0.29, 0.717) is 11.3 Å². The molecule has 9 heteroatoms. The number of hydrogen-bond acceptors (Lipinski definition) is 4. The number of rotatable bonds is 14. The molecule has 4 aromatic rings. The van der Waals surface area contributed by atoms with Gasteiger partial charge in [-0.25, -0.2) is 9.00 Å². The lowest BCUT2D eigenvalue weighted by Gasteiger charge is -2.30. The Labute approximate surface area is 249 Å². The summed E-state index contributed by atoms with van der Waals surface area (Å²) >= 11 is -2.47. The van der Waals surface area contributed by atoms with Gasteiger partial charge in [0.25, 0.3) is 11.3 Å². The van der Waals surface area contributed by atoms with Gasteiger partial charge in [-0.15, -0.1) is 0 Å². The number of carbonyl (C=O) groups excluding carboxylic acids is 1. The minimum Gasteiger partial charge on any atom is -0.480 e. The van der Waals surface area contributed by atoms with Crippen LogP contribution in [0.2, 0.25) is 0 Å². The number of carboxylic acid groups (broad SMARTS) is 1. The molecule has 42 heavy (non-hydrogen) atoms. The fraction of sp³-hybridized carbons (Fsp3) is 0.273. The summed E-state index contributed by atoms with van der Waals surface area (Å²) in [5.41, 5.74) is 3.05. The molecule has 3 atom stereocenters. The molecule has 0 heterocycles. The van der Waals surface area contributed by atoms with E-state index >= 15 is 0 Å². The Morgan fingerprint density at radius 1 is 0.833 bits per heavy atom. The molecule has 0 aromatic heterocycles. The summed E-state index contributed by atoms with van der Waals surface area (Å²) < 4.78 is 24.5. The van der Waals surface area contributed by atoms with E-state index in [1.54, 1.807) is 36.4 Å². The Balaban J connectivity index is 1.54. The van der Waals surface area contributed by atoms with Gasteiger partial charge in [-0.05, 0) is 52.7 Å². The molecule has 3 N–H and O–H groups in total. The zero-order valence-corrected chi connectivity index (χ0v) is 24.7. The molecule has 4 aromatic carbocycles. The largest absolute Gasteiger partial charge is 0.480 e. The summed E-state index contributed by atoms with van der Waals surface area (Å²) in [7, 11) is 0. The standard InChI is InChI=1S/C33H37N3O5S/c1-3-35(4-2)23-25-16-14-24(15-17-25)20-30(33(38)39)34-32(37)22-31(27-11-6-5-7-12-27)36(42(40)41)29-19-18-26-10-8-9-13-28(26)21-29/h5-19,21,30-31H,3-4,20,22-23H2,1-2H3,(H,34,37)(H,38,39)(H,40,41). The lowest BCUT2D eigenvalue weighted by atomic mass is 10.0. The molecule has 0 aliphatic rings. The van der Waals surface area contributed by atoms with Crippen LogP contribution in [0.3, 0.4) is 0 Å². The first-order valence-corrected chi connectivity index (χ1v) is 15.1. The zero-order valence-electron chi connectivity index (χ0n) is 23.8. The summed E-state index contributed by atoms with van der Waals surface area (Å²) in [5.74, 6) is -1.69. The van der Waals surface area contributed by atoms with Gasteiger partial charge in [-0.1, -0.05) is 98.8 Å². The molecule has 3 unspecified atom stereocenters. The number of nitrogens with one attached hydrogen (secondary N) is 1. The molecule has 0 saturated carbocycles. The number of aliphatic carboxylic acids is 1. The van der Waals surface area contributed by atoms with E-state index in [1.165, 1.54) is 4.31 Å². The predicted molar refractivity (Wildman–Crippen MR) is 167 cm³/mol. The van der Waals surface area contributed by atoms with Crippen LogP contribution >= 0.6 is 0 Å². The van der Waals surface area contributed by atoms with E-state index in [4.69, 9.17) is 0 Å². The maximum atomic E-state index is 13.4. The monoisotopic (exact) mass is 587 g/mol. The molecule has 0 bridgehead atoms. The number of hydrogen-bond donors (Lipinski definition) is 3. The van der Waals surface area contributed by atoms with Gasteiger partial charge in [-0.2, -0.15) is 0 Å². The third kappa shape index (κ3) is 8.03. The van der Waals surface area contributed by atoms with Crippen LogP contribution in [0.1, 0.15) is 43.0 Å². The van der Waals surface area contributed by atoms with Crippen LogP contribution in [0.25, 0.3) is 10.8 Å². The van der Waals surface area contributed by atoms with Crippen molar-refractivity contribution >= 4 is 39.6 Å². The summed E-state index contributed by atoms with van der Waals surface area (Å²) in [4.78, 5) is 27.8. The van der Waals surface area contributed by atoms with Crippen LogP contribution < -0.4 is 9.62 Å². The molecule has 0 aliphatic heterocycles. The van der Waals surface area contributed by atoms with Crippen molar-refractivity contribution in [2.75, 3.05) is 17.4 Å². The number of carbonyl (C=O) groups is 2. The third-order valence-corrected chi connectivity index (χ3v) is 8.20. The minimum absolute atomic E-state index is 0.114. The van der Waals surface area contributed by atoms with E-state index in [-0.39, 0.29) is 12.8 Å². The van der Waals surface area contributed by atoms with Crippen LogP contribution in [0.5, 0.6) is 0 Å². The first-order valence-electron chi connectivity index (χ1n) is 14.0. The molecule has 0 spiro atoms. The van der Waals surface area contributed by atoms with Crippen molar-refractivity contribution in [1.82, 2.24) is 10.2 Å². The molecule has 0 saturated heterocycles. The Morgan fingerprint density at radius 3 is 2.07 bits per heavy atom. The first-order chi connectivity index (χ1) is 20.3. The summed E-state index contributed by atoms with van der Waals surface area (Å²) in [6.45, 7) is 6.92. The van der Waals surface area contributed by atoms with E-state index < -0.39 is 35.2 Å². The molecule has 8 nitrogen and oxygen atoms in total. The van der Waals surface area contributed by atoms with Crippen LogP contribution in [0.4, 0.5) is 5.69 Å². The number of amides is 1. The Morgan fingerprint density at radius 2 is 1.45 bits per heavy atom. The van der Waals surface area contributed by atoms with Crippen molar-refractivity contribution in [3.63, 3.8) is 0 Å². The maximum Gasteiger partial charge on any atom is 0.326 e. The number of fused-ring (bicyclic) bond motifs is 1. The van der Waals surface area contributed by atoms with Crippen molar-refractivity contribution in [3.8, 4) is 0 Å². The average molecular weight is 588 g/mol. The lowest BCUT2D eigenvalue weighted by Crippen LogP contribution is -2.44. The molecule has 0 radical (unpaired) electrons. The highest BCUT2D eigenvalue weighted by atomic mass is 32.2. The van der Waals surface area contributed by atoms with Crippen LogP contribution in [0, 0.1) is 0 Å². The third-order valence-electron chi connectivity index (χ3n) is 7.40. The Kier molecular flexibility index (Phi) is 10.8. The normalized spacial score (nSPS) is 13.4. The molecule has 0 fully saturated rings. The second-order valence-corrected chi connectivity index (χ2v) is 11.0. The van der Waals surface area contributed by atoms with Gasteiger partial charge in [0.15, 0.2) is 0 Å². The summed E-state index contributed by atoms with van der Waals surface area (Å²) in [6.07, 6.45) is -0.112. The Bertz CT molecular complexity index is 1510. The SMILES string of the molecule is CCN(CC)Cc1ccc(CC(NC(=O)CC(c2ccccc2)N(c2ccc3ccccc3c2)S(=O)O)C(=O)O)cc1. The van der Waals surface area contributed by atoms with E-state index in [1.807, 2.05) is 60.7 Å². The molecular formula is C33H37N3O5S. The van der Waals surface area contributed by atoms with Crippen molar-refractivity contribution in [3.05, 3.63) is 114 Å². The number of carboxylic acids is 1. The smallest absolute Gasteiger partial charge is 0.326 e. The molecule has 220 valence electrons. The highest BCUT2D eigenvalue weighted by Crippen LogP contribution is 2.33. The number of benzene rings is 4. The van der Waals surface area contributed by atoms with Crippen LogP contribution in [0.15, 0.2) is 97.1 Å². The second-order valence-electron chi connectivity index (χ2n) is 10.2. The van der Waals surface area contributed by atoms with Gasteiger partial charge in [0, 0.05) is 13.0 Å². The quantitative estimate of drug-likeness (QED) is 0.167. The fourth-order valence-electron chi connectivity index (χ4n) is 5.05. The van der Waals surface area contributed by atoms with Gasteiger partial charge in [0.05, 0.1) is 18.2 Å². The minimum atomic E-state index is -2.47. The second kappa shape index (κ2) is 14.7. The van der Waals surface area contributed by atoms with Crippen LogP contribution in [-0.4, -0.2) is 49.8 Å². The highest BCUT2D eigenvalue weighted by Gasteiger charge is 2.30. The molecule has 1 amide bonds. The first kappa shape index (κ1) is 30.9. The lowest BCUT2D eigenvalue weighted by molar-refractivity contribution is -0.141. The predicted octanol–water partition coefficient (Wildman–Crippen LogP) is 5.57. The van der Waals surface area contributed by atoms with Gasteiger partial charge < -0.3 is 10.4 Å². The topological polar surface area (TPSA) is 110 Å². The maximum absolute atomic E-state index is 13.4. The van der Waals surface area contributed by atoms with Gasteiger partial charge in [0.2, 0.25) is 5.91 Å². The van der Waals surface area contributed by atoms with Gasteiger partial charge in [0.1, 0.15) is 6.04 Å².